The van der Waals surface area contributed by atoms with Gasteiger partial charge >= 0.3 is 0 Å². The zero-order valence-electron chi connectivity index (χ0n) is 14.6. The van der Waals surface area contributed by atoms with Crippen LogP contribution in [0.25, 0.3) is 0 Å². The topological polar surface area (TPSA) is 69.0 Å². The Hall–Kier alpha value is -2.67. The van der Waals surface area contributed by atoms with Crippen LogP contribution < -0.4 is 10.1 Å². The van der Waals surface area contributed by atoms with E-state index < -0.39 is 0 Å². The first-order valence-electron chi connectivity index (χ1n) is 8.14. The standard InChI is InChI=1S/C19H19BrN4O2/c1-13-22-23-18(24(13)2)11-21-19(25)16-8-3-4-9-17(16)26-12-14-6-5-7-15(20)10-14/h3-10H,11-12H2,1-2H3,(H,21,25). The number of aryl methyl sites for hydroxylation is 1. The molecule has 3 rings (SSSR count). The van der Waals surface area contributed by atoms with Gasteiger partial charge in [0.1, 0.15) is 18.2 Å². The summed E-state index contributed by atoms with van der Waals surface area (Å²) in [5, 5.41) is 10.9. The summed E-state index contributed by atoms with van der Waals surface area (Å²) < 4.78 is 8.70. The Balaban J connectivity index is 1.67. The van der Waals surface area contributed by atoms with Crippen LogP contribution in [0.5, 0.6) is 5.75 Å². The molecule has 0 unspecified atom stereocenters. The predicted molar refractivity (Wildman–Crippen MR) is 102 cm³/mol. The molecule has 0 aliphatic rings. The highest BCUT2D eigenvalue weighted by molar-refractivity contribution is 9.10. The van der Waals surface area contributed by atoms with Crippen molar-refractivity contribution in [2.24, 2.45) is 7.05 Å². The molecule has 7 heteroatoms. The maximum absolute atomic E-state index is 12.6. The first-order valence-corrected chi connectivity index (χ1v) is 8.93. The molecule has 26 heavy (non-hydrogen) atoms. The molecule has 0 saturated heterocycles. The number of rotatable bonds is 6. The lowest BCUT2D eigenvalue weighted by Crippen LogP contribution is -2.25. The minimum atomic E-state index is -0.213. The molecule has 1 aromatic heterocycles. The number of para-hydroxylation sites is 1. The molecule has 0 radical (unpaired) electrons. The quantitative estimate of drug-likeness (QED) is 0.670. The number of halogens is 1. The third-order valence-corrected chi connectivity index (χ3v) is 4.50. The fraction of sp³-hybridized carbons (Fsp3) is 0.211. The number of hydrogen-bond donors (Lipinski definition) is 1. The van der Waals surface area contributed by atoms with Crippen LogP contribution in [0, 0.1) is 6.92 Å². The number of aromatic nitrogens is 3. The highest BCUT2D eigenvalue weighted by Gasteiger charge is 2.13. The summed E-state index contributed by atoms with van der Waals surface area (Å²) in [5.74, 6) is 1.82. The molecule has 0 bridgehead atoms. The summed E-state index contributed by atoms with van der Waals surface area (Å²) in [6.45, 7) is 2.55. The van der Waals surface area contributed by atoms with E-state index in [2.05, 4.69) is 31.4 Å². The highest BCUT2D eigenvalue weighted by atomic mass is 79.9. The SMILES string of the molecule is Cc1nnc(CNC(=O)c2ccccc2OCc2cccc(Br)c2)n1C. The van der Waals surface area contributed by atoms with Gasteiger partial charge in [-0.1, -0.05) is 40.2 Å². The molecular formula is C19H19BrN4O2. The van der Waals surface area contributed by atoms with Crippen LogP contribution in [0.1, 0.15) is 27.6 Å². The average molecular weight is 415 g/mol. The van der Waals surface area contributed by atoms with Gasteiger partial charge in [0.05, 0.1) is 12.1 Å². The van der Waals surface area contributed by atoms with Crippen LogP contribution in [-0.4, -0.2) is 20.7 Å². The maximum atomic E-state index is 12.6. The number of carbonyl (C=O) groups is 1. The van der Waals surface area contributed by atoms with Crippen molar-refractivity contribution in [3.8, 4) is 5.75 Å². The third kappa shape index (κ3) is 4.29. The summed E-state index contributed by atoms with van der Waals surface area (Å²) in [6, 6.07) is 15.1. The lowest BCUT2D eigenvalue weighted by atomic mass is 10.2. The van der Waals surface area contributed by atoms with Gasteiger partial charge in [-0.05, 0) is 36.8 Å². The molecule has 3 aromatic rings. The molecule has 0 fully saturated rings. The molecule has 6 nitrogen and oxygen atoms in total. The first kappa shape index (κ1) is 18.1. The van der Waals surface area contributed by atoms with E-state index in [1.54, 1.807) is 12.1 Å². The molecular weight excluding hydrogens is 396 g/mol. The number of hydrogen-bond acceptors (Lipinski definition) is 4. The minimum absolute atomic E-state index is 0.213. The van der Waals surface area contributed by atoms with E-state index in [4.69, 9.17) is 4.74 Å². The fourth-order valence-electron chi connectivity index (χ4n) is 2.43. The van der Waals surface area contributed by atoms with Gasteiger partial charge in [0.15, 0.2) is 5.82 Å². The zero-order valence-corrected chi connectivity index (χ0v) is 16.2. The Morgan fingerprint density at radius 2 is 2.00 bits per heavy atom. The largest absolute Gasteiger partial charge is 0.488 e. The van der Waals surface area contributed by atoms with Crippen molar-refractivity contribution in [1.82, 2.24) is 20.1 Å². The van der Waals surface area contributed by atoms with Gasteiger partial charge in [-0.2, -0.15) is 0 Å². The van der Waals surface area contributed by atoms with Crippen molar-refractivity contribution in [2.75, 3.05) is 0 Å². The van der Waals surface area contributed by atoms with E-state index in [0.29, 0.717) is 30.3 Å². The van der Waals surface area contributed by atoms with E-state index in [-0.39, 0.29) is 5.91 Å². The molecule has 0 atom stereocenters. The van der Waals surface area contributed by atoms with Crippen molar-refractivity contribution in [1.29, 1.82) is 0 Å². The van der Waals surface area contributed by atoms with E-state index >= 15 is 0 Å². The Labute approximate surface area is 160 Å². The van der Waals surface area contributed by atoms with E-state index in [1.807, 2.05) is 54.9 Å². The van der Waals surface area contributed by atoms with Gasteiger partial charge in [0.25, 0.3) is 5.91 Å². The smallest absolute Gasteiger partial charge is 0.255 e. The zero-order chi connectivity index (χ0) is 18.5. The molecule has 0 aliphatic heterocycles. The van der Waals surface area contributed by atoms with Gasteiger partial charge in [-0.25, -0.2) is 0 Å². The van der Waals surface area contributed by atoms with E-state index in [1.165, 1.54) is 0 Å². The number of nitrogens with zero attached hydrogens (tertiary/aromatic N) is 3. The van der Waals surface area contributed by atoms with Crippen molar-refractivity contribution < 1.29 is 9.53 Å². The Bertz CT molecular complexity index is 923. The second kappa shape index (κ2) is 8.14. The lowest BCUT2D eigenvalue weighted by molar-refractivity contribution is 0.0945. The summed E-state index contributed by atoms with van der Waals surface area (Å²) in [6.07, 6.45) is 0. The minimum Gasteiger partial charge on any atom is -0.488 e. The molecule has 1 heterocycles. The van der Waals surface area contributed by atoms with Gasteiger partial charge in [-0.15, -0.1) is 10.2 Å². The summed E-state index contributed by atoms with van der Waals surface area (Å²) >= 11 is 3.44. The predicted octanol–water partition coefficient (Wildman–Crippen LogP) is 3.40. The molecule has 2 aromatic carbocycles. The average Bonchev–Trinajstić information content (AvgIpc) is 2.97. The normalized spacial score (nSPS) is 10.6. The van der Waals surface area contributed by atoms with Crippen molar-refractivity contribution in [3.63, 3.8) is 0 Å². The Morgan fingerprint density at radius 1 is 1.19 bits per heavy atom. The van der Waals surface area contributed by atoms with Crippen molar-refractivity contribution >= 4 is 21.8 Å². The first-order chi connectivity index (χ1) is 12.5. The number of benzene rings is 2. The Kier molecular flexibility index (Phi) is 5.68. The Morgan fingerprint density at radius 3 is 2.73 bits per heavy atom. The summed E-state index contributed by atoms with van der Waals surface area (Å²) in [4.78, 5) is 12.6. The fourth-order valence-corrected chi connectivity index (χ4v) is 2.87. The van der Waals surface area contributed by atoms with Gasteiger partial charge < -0.3 is 14.6 Å². The van der Waals surface area contributed by atoms with Crippen LogP contribution in [-0.2, 0) is 20.2 Å². The van der Waals surface area contributed by atoms with Crippen LogP contribution in [0.15, 0.2) is 53.0 Å². The van der Waals surface area contributed by atoms with E-state index in [9.17, 15) is 4.79 Å². The van der Waals surface area contributed by atoms with Gasteiger partial charge in [-0.3, -0.25) is 4.79 Å². The molecule has 0 spiro atoms. The van der Waals surface area contributed by atoms with Crippen LogP contribution in [0.3, 0.4) is 0 Å². The molecule has 0 aliphatic carbocycles. The second-order valence-electron chi connectivity index (χ2n) is 5.82. The highest BCUT2D eigenvalue weighted by Crippen LogP contribution is 2.20. The van der Waals surface area contributed by atoms with Crippen LogP contribution in [0.2, 0.25) is 0 Å². The van der Waals surface area contributed by atoms with Crippen molar-refractivity contribution in [3.05, 3.63) is 75.8 Å². The molecule has 1 N–H and O–H groups in total. The summed E-state index contributed by atoms with van der Waals surface area (Å²) in [5.41, 5.74) is 1.51. The third-order valence-electron chi connectivity index (χ3n) is 4.00. The summed E-state index contributed by atoms with van der Waals surface area (Å²) in [7, 11) is 1.87. The van der Waals surface area contributed by atoms with Crippen LogP contribution in [0.4, 0.5) is 0 Å². The number of nitrogens with one attached hydrogen (secondary N) is 1. The monoisotopic (exact) mass is 414 g/mol. The van der Waals surface area contributed by atoms with E-state index in [0.717, 1.165) is 15.9 Å². The van der Waals surface area contributed by atoms with Gasteiger partial charge in [0.2, 0.25) is 0 Å². The molecule has 134 valence electrons. The number of ether oxygens (including phenoxy) is 1. The number of carbonyl (C=O) groups excluding carboxylic acids is 1. The second-order valence-corrected chi connectivity index (χ2v) is 6.74. The van der Waals surface area contributed by atoms with Gasteiger partial charge in [0, 0.05) is 11.5 Å². The maximum Gasteiger partial charge on any atom is 0.255 e. The molecule has 1 amide bonds. The number of amides is 1. The molecule has 0 saturated carbocycles. The lowest BCUT2D eigenvalue weighted by Gasteiger charge is -2.12. The van der Waals surface area contributed by atoms with Crippen molar-refractivity contribution in [2.45, 2.75) is 20.1 Å². The van der Waals surface area contributed by atoms with Crippen LogP contribution >= 0.6 is 15.9 Å².